The van der Waals surface area contributed by atoms with Gasteiger partial charge in [0.2, 0.25) is 0 Å². The van der Waals surface area contributed by atoms with Crippen LogP contribution in [0.4, 0.5) is 0 Å². The summed E-state index contributed by atoms with van der Waals surface area (Å²) in [5.74, 6) is 0.185. The van der Waals surface area contributed by atoms with Crippen molar-refractivity contribution in [3.05, 3.63) is 46.0 Å². The lowest BCUT2D eigenvalue weighted by molar-refractivity contribution is 0.0930. The van der Waals surface area contributed by atoms with E-state index in [0.29, 0.717) is 24.4 Å². The van der Waals surface area contributed by atoms with Crippen LogP contribution < -0.4 is 10.9 Å². The smallest absolute Gasteiger partial charge is 0.285 e. The standard InChI is InChI=1S/C15H19N7O2/c1-4-11(13-17-8-18-21(13)5-2)19-14(23)10-7-16-12-6-9(3)20-22(12)15(10)24/h6-8,11,20H,4-5H2,1-3H3,(H,19,23)/t11-/m1/s1. The van der Waals surface area contributed by atoms with Gasteiger partial charge in [-0.2, -0.15) is 5.10 Å². The van der Waals surface area contributed by atoms with E-state index < -0.39 is 11.5 Å². The van der Waals surface area contributed by atoms with Crippen molar-refractivity contribution in [3.63, 3.8) is 0 Å². The number of hydrogen-bond donors (Lipinski definition) is 2. The molecule has 9 heteroatoms. The maximum absolute atomic E-state index is 12.5. The van der Waals surface area contributed by atoms with Crippen LogP contribution in [0, 0.1) is 6.92 Å². The minimum absolute atomic E-state index is 0.0182. The van der Waals surface area contributed by atoms with E-state index in [0.717, 1.165) is 5.69 Å². The molecule has 1 atom stereocenters. The molecule has 0 unspecified atom stereocenters. The molecule has 24 heavy (non-hydrogen) atoms. The quantitative estimate of drug-likeness (QED) is 0.720. The summed E-state index contributed by atoms with van der Waals surface area (Å²) in [5.41, 5.74) is 0.819. The molecule has 0 bridgehead atoms. The summed E-state index contributed by atoms with van der Waals surface area (Å²) in [5, 5.41) is 9.83. The van der Waals surface area contributed by atoms with E-state index >= 15 is 0 Å². The molecule has 0 aliphatic rings. The van der Waals surface area contributed by atoms with Crippen LogP contribution >= 0.6 is 0 Å². The number of nitrogens with zero attached hydrogens (tertiary/aromatic N) is 5. The highest BCUT2D eigenvalue weighted by atomic mass is 16.2. The first-order valence-electron chi connectivity index (χ1n) is 7.81. The zero-order valence-corrected chi connectivity index (χ0v) is 13.8. The number of rotatable bonds is 5. The summed E-state index contributed by atoms with van der Waals surface area (Å²) in [6.45, 7) is 6.35. The van der Waals surface area contributed by atoms with E-state index in [4.69, 9.17) is 0 Å². The van der Waals surface area contributed by atoms with Crippen LogP contribution in [0.3, 0.4) is 0 Å². The van der Waals surface area contributed by atoms with Crippen molar-refractivity contribution in [2.75, 3.05) is 0 Å². The Morgan fingerprint density at radius 3 is 2.88 bits per heavy atom. The molecule has 3 heterocycles. The lowest BCUT2D eigenvalue weighted by Crippen LogP contribution is -2.35. The molecule has 0 radical (unpaired) electrons. The molecule has 0 aliphatic carbocycles. The molecule has 0 aliphatic heterocycles. The minimum Gasteiger partial charge on any atom is -0.342 e. The second-order valence-corrected chi connectivity index (χ2v) is 5.48. The minimum atomic E-state index is -0.480. The maximum atomic E-state index is 12.5. The van der Waals surface area contributed by atoms with Gasteiger partial charge in [-0.1, -0.05) is 6.92 Å². The predicted octanol–water partition coefficient (Wildman–Crippen LogP) is 0.824. The van der Waals surface area contributed by atoms with Gasteiger partial charge in [0.15, 0.2) is 5.65 Å². The largest absolute Gasteiger partial charge is 0.342 e. The van der Waals surface area contributed by atoms with Crippen molar-refractivity contribution in [2.24, 2.45) is 0 Å². The normalized spacial score (nSPS) is 12.5. The average Bonchev–Trinajstić information content (AvgIpc) is 3.18. The summed E-state index contributed by atoms with van der Waals surface area (Å²) >= 11 is 0. The third-order valence-electron chi connectivity index (χ3n) is 3.84. The molecule has 0 spiro atoms. The van der Waals surface area contributed by atoms with Crippen LogP contribution in [0.2, 0.25) is 0 Å². The number of fused-ring (bicyclic) bond motifs is 1. The fraction of sp³-hybridized carbons (Fsp3) is 0.400. The third kappa shape index (κ3) is 2.68. The highest BCUT2D eigenvalue weighted by Gasteiger charge is 2.21. The zero-order valence-electron chi connectivity index (χ0n) is 13.8. The molecule has 126 valence electrons. The molecule has 9 nitrogen and oxygen atoms in total. The molecule has 3 aromatic heterocycles. The van der Waals surface area contributed by atoms with E-state index in [9.17, 15) is 9.59 Å². The SMILES string of the molecule is CC[C@@H](NC(=O)c1cnc2cc(C)[nH]n2c1=O)c1ncnn1CC. The van der Waals surface area contributed by atoms with Gasteiger partial charge in [0.25, 0.3) is 11.5 Å². The number of nitrogens with one attached hydrogen (secondary N) is 2. The molecular weight excluding hydrogens is 310 g/mol. The summed E-state index contributed by atoms with van der Waals surface area (Å²) in [6, 6.07) is 1.41. The summed E-state index contributed by atoms with van der Waals surface area (Å²) < 4.78 is 2.98. The van der Waals surface area contributed by atoms with Crippen molar-refractivity contribution in [3.8, 4) is 0 Å². The van der Waals surface area contributed by atoms with Gasteiger partial charge in [0.1, 0.15) is 17.7 Å². The Bertz CT molecular complexity index is 937. The molecule has 0 saturated carbocycles. The number of amides is 1. The van der Waals surface area contributed by atoms with Crippen LogP contribution in [-0.2, 0) is 6.54 Å². The number of carbonyl (C=O) groups is 1. The van der Waals surface area contributed by atoms with Crippen LogP contribution in [0.15, 0.2) is 23.4 Å². The van der Waals surface area contributed by atoms with E-state index in [1.807, 2.05) is 20.8 Å². The van der Waals surface area contributed by atoms with Gasteiger partial charge in [-0.05, 0) is 20.3 Å². The van der Waals surface area contributed by atoms with Crippen LogP contribution in [0.25, 0.3) is 5.65 Å². The van der Waals surface area contributed by atoms with Gasteiger partial charge in [-0.25, -0.2) is 19.2 Å². The van der Waals surface area contributed by atoms with Crippen LogP contribution in [-0.4, -0.2) is 35.3 Å². The number of carbonyl (C=O) groups excluding carboxylic acids is 1. The Balaban J connectivity index is 1.91. The van der Waals surface area contributed by atoms with Crippen molar-refractivity contribution in [1.82, 2.24) is 34.7 Å². The predicted molar refractivity (Wildman–Crippen MR) is 86.7 cm³/mol. The van der Waals surface area contributed by atoms with Crippen LogP contribution in [0.1, 0.15) is 48.2 Å². The summed E-state index contributed by atoms with van der Waals surface area (Å²) in [7, 11) is 0. The lowest BCUT2D eigenvalue weighted by atomic mass is 10.2. The topological polar surface area (TPSA) is 110 Å². The van der Waals surface area contributed by atoms with Crippen LogP contribution in [0.5, 0.6) is 0 Å². The monoisotopic (exact) mass is 329 g/mol. The third-order valence-corrected chi connectivity index (χ3v) is 3.84. The second-order valence-electron chi connectivity index (χ2n) is 5.48. The molecule has 2 N–H and O–H groups in total. The average molecular weight is 329 g/mol. The summed E-state index contributed by atoms with van der Waals surface area (Å²) in [4.78, 5) is 33.4. The van der Waals surface area contributed by atoms with Crippen molar-refractivity contribution in [1.29, 1.82) is 0 Å². The fourth-order valence-corrected chi connectivity index (χ4v) is 2.61. The van der Waals surface area contributed by atoms with Gasteiger partial charge in [-0.15, -0.1) is 0 Å². The Labute approximate surface area is 137 Å². The molecule has 3 rings (SSSR count). The highest BCUT2D eigenvalue weighted by molar-refractivity contribution is 5.93. The van der Waals surface area contributed by atoms with Crippen molar-refractivity contribution >= 4 is 11.6 Å². The molecule has 0 fully saturated rings. The first-order valence-corrected chi connectivity index (χ1v) is 7.81. The lowest BCUT2D eigenvalue weighted by Gasteiger charge is -2.16. The molecule has 3 aromatic rings. The molecule has 0 aromatic carbocycles. The van der Waals surface area contributed by atoms with Gasteiger partial charge in [-0.3, -0.25) is 14.7 Å². The number of aryl methyl sites for hydroxylation is 2. The fourth-order valence-electron chi connectivity index (χ4n) is 2.61. The Morgan fingerprint density at radius 1 is 1.38 bits per heavy atom. The van der Waals surface area contributed by atoms with E-state index in [1.54, 1.807) is 10.7 Å². The Morgan fingerprint density at radius 2 is 2.17 bits per heavy atom. The number of aromatic nitrogens is 6. The van der Waals surface area contributed by atoms with Gasteiger partial charge in [0, 0.05) is 24.5 Å². The molecular formula is C15H19N7O2. The number of aromatic amines is 1. The van der Waals surface area contributed by atoms with Crippen molar-refractivity contribution < 1.29 is 4.79 Å². The first-order chi connectivity index (χ1) is 11.5. The highest BCUT2D eigenvalue weighted by Crippen LogP contribution is 2.14. The number of hydrogen-bond acceptors (Lipinski definition) is 5. The molecule has 0 saturated heterocycles. The Kier molecular flexibility index (Phi) is 4.15. The number of H-pyrrole nitrogens is 1. The van der Waals surface area contributed by atoms with Gasteiger partial charge in [0.05, 0.1) is 6.04 Å². The maximum Gasteiger partial charge on any atom is 0.285 e. The van der Waals surface area contributed by atoms with Gasteiger partial charge >= 0.3 is 0 Å². The van der Waals surface area contributed by atoms with E-state index in [1.165, 1.54) is 17.0 Å². The van der Waals surface area contributed by atoms with E-state index in [2.05, 4.69) is 25.5 Å². The zero-order chi connectivity index (χ0) is 17.3. The van der Waals surface area contributed by atoms with E-state index in [-0.39, 0.29) is 11.6 Å². The van der Waals surface area contributed by atoms with Gasteiger partial charge < -0.3 is 5.32 Å². The Hall–Kier alpha value is -2.97. The first kappa shape index (κ1) is 15.9. The molecule has 1 amide bonds. The second kappa shape index (κ2) is 6.26. The summed E-state index contributed by atoms with van der Waals surface area (Å²) in [6.07, 6.45) is 3.39. The van der Waals surface area contributed by atoms with Crippen molar-refractivity contribution in [2.45, 2.75) is 39.8 Å².